The van der Waals surface area contributed by atoms with Crippen LogP contribution in [0, 0.1) is 0 Å². The van der Waals surface area contributed by atoms with Crippen LogP contribution in [0.5, 0.6) is 5.75 Å². The van der Waals surface area contributed by atoms with Crippen LogP contribution in [0.1, 0.15) is 43.7 Å². The van der Waals surface area contributed by atoms with Gasteiger partial charge in [-0.25, -0.2) is 0 Å². The fraction of sp³-hybridized carbons (Fsp3) is 0.500. The van der Waals surface area contributed by atoms with Crippen LogP contribution in [0.3, 0.4) is 0 Å². The van der Waals surface area contributed by atoms with Crippen LogP contribution < -0.4 is 10.5 Å². The Labute approximate surface area is 107 Å². The van der Waals surface area contributed by atoms with E-state index in [9.17, 15) is 4.79 Å². The van der Waals surface area contributed by atoms with Gasteiger partial charge in [-0.2, -0.15) is 0 Å². The van der Waals surface area contributed by atoms with E-state index >= 15 is 0 Å². The highest BCUT2D eigenvalue weighted by Crippen LogP contribution is 2.27. The molecule has 4 heteroatoms. The highest BCUT2D eigenvalue weighted by molar-refractivity contribution is 5.66. The standard InChI is InChI=1S/C14H19NO3/c15-13(7-8-14(16)17)10-3-1-6-12(9-10)18-11-4-2-5-11/h1,3,6,9,11,13H,2,4-5,7-8,15H2,(H,16,17). The van der Waals surface area contributed by atoms with Crippen molar-refractivity contribution >= 4 is 5.97 Å². The van der Waals surface area contributed by atoms with Crippen molar-refractivity contribution in [2.24, 2.45) is 5.73 Å². The van der Waals surface area contributed by atoms with E-state index < -0.39 is 5.97 Å². The second-order valence-electron chi connectivity index (χ2n) is 4.78. The Morgan fingerprint density at radius 2 is 2.28 bits per heavy atom. The number of hydrogen-bond donors (Lipinski definition) is 2. The fourth-order valence-electron chi connectivity index (χ4n) is 1.95. The van der Waals surface area contributed by atoms with Crippen molar-refractivity contribution in [3.05, 3.63) is 29.8 Å². The number of nitrogens with two attached hydrogens (primary N) is 1. The van der Waals surface area contributed by atoms with Crippen LogP contribution in [0.4, 0.5) is 0 Å². The number of carboxylic acids is 1. The molecule has 1 aliphatic rings. The first kappa shape index (κ1) is 12.9. The lowest BCUT2D eigenvalue weighted by atomic mass is 9.96. The molecule has 0 spiro atoms. The molecule has 0 saturated heterocycles. The number of ether oxygens (including phenoxy) is 1. The number of rotatable bonds is 6. The van der Waals surface area contributed by atoms with Crippen molar-refractivity contribution in [2.45, 2.75) is 44.2 Å². The minimum atomic E-state index is -0.813. The van der Waals surface area contributed by atoms with E-state index in [-0.39, 0.29) is 12.5 Å². The first-order chi connectivity index (χ1) is 8.65. The summed E-state index contributed by atoms with van der Waals surface area (Å²) >= 11 is 0. The monoisotopic (exact) mass is 249 g/mol. The molecule has 1 aromatic carbocycles. The Morgan fingerprint density at radius 3 is 2.89 bits per heavy atom. The lowest BCUT2D eigenvalue weighted by Gasteiger charge is -2.26. The van der Waals surface area contributed by atoms with Crippen molar-refractivity contribution in [3.63, 3.8) is 0 Å². The van der Waals surface area contributed by atoms with E-state index in [4.69, 9.17) is 15.6 Å². The second-order valence-corrected chi connectivity index (χ2v) is 4.78. The lowest BCUT2D eigenvalue weighted by Crippen LogP contribution is -2.24. The Hall–Kier alpha value is -1.55. The summed E-state index contributed by atoms with van der Waals surface area (Å²) in [7, 11) is 0. The zero-order chi connectivity index (χ0) is 13.0. The first-order valence-corrected chi connectivity index (χ1v) is 6.39. The zero-order valence-electron chi connectivity index (χ0n) is 10.3. The maximum Gasteiger partial charge on any atom is 0.303 e. The number of carbonyl (C=O) groups is 1. The molecule has 1 aromatic rings. The molecule has 1 atom stereocenters. The molecule has 1 aliphatic carbocycles. The minimum Gasteiger partial charge on any atom is -0.490 e. The lowest BCUT2D eigenvalue weighted by molar-refractivity contribution is -0.137. The largest absolute Gasteiger partial charge is 0.490 e. The molecule has 0 amide bonds. The van der Waals surface area contributed by atoms with E-state index in [0.29, 0.717) is 12.5 Å². The van der Waals surface area contributed by atoms with Crippen molar-refractivity contribution < 1.29 is 14.6 Å². The van der Waals surface area contributed by atoms with Gasteiger partial charge in [0.15, 0.2) is 0 Å². The Balaban J connectivity index is 1.94. The molecule has 0 aliphatic heterocycles. The van der Waals surface area contributed by atoms with E-state index in [1.165, 1.54) is 6.42 Å². The maximum atomic E-state index is 10.5. The van der Waals surface area contributed by atoms with Gasteiger partial charge >= 0.3 is 5.97 Å². The summed E-state index contributed by atoms with van der Waals surface area (Å²) in [4.78, 5) is 10.5. The van der Waals surface area contributed by atoms with Gasteiger partial charge in [0.25, 0.3) is 0 Å². The van der Waals surface area contributed by atoms with Crippen LogP contribution >= 0.6 is 0 Å². The van der Waals surface area contributed by atoms with Crippen LogP contribution in [0.25, 0.3) is 0 Å². The SMILES string of the molecule is NC(CCC(=O)O)c1cccc(OC2CCC2)c1. The summed E-state index contributed by atoms with van der Waals surface area (Å²) in [6, 6.07) is 7.42. The molecular formula is C14H19NO3. The number of benzene rings is 1. The molecule has 2 rings (SSSR count). The summed E-state index contributed by atoms with van der Waals surface area (Å²) in [5.41, 5.74) is 6.91. The van der Waals surface area contributed by atoms with Gasteiger partial charge in [-0.15, -0.1) is 0 Å². The molecule has 0 aromatic heterocycles. The van der Waals surface area contributed by atoms with E-state index in [0.717, 1.165) is 24.2 Å². The molecule has 1 fully saturated rings. The highest BCUT2D eigenvalue weighted by Gasteiger charge is 2.19. The molecule has 0 radical (unpaired) electrons. The molecule has 0 bridgehead atoms. The van der Waals surface area contributed by atoms with Crippen LogP contribution in [0.15, 0.2) is 24.3 Å². The van der Waals surface area contributed by atoms with Gasteiger partial charge in [0.05, 0.1) is 6.10 Å². The van der Waals surface area contributed by atoms with Gasteiger partial charge in [-0.1, -0.05) is 12.1 Å². The summed E-state index contributed by atoms with van der Waals surface area (Å²) in [5.74, 6) is 0.0234. The normalized spacial score (nSPS) is 16.9. The van der Waals surface area contributed by atoms with Gasteiger partial charge < -0.3 is 15.6 Å². The Kier molecular flexibility index (Phi) is 4.20. The predicted octanol–water partition coefficient (Wildman–Crippen LogP) is 2.48. The van der Waals surface area contributed by atoms with Gasteiger partial charge in [0.2, 0.25) is 0 Å². The number of carboxylic acid groups (broad SMARTS) is 1. The first-order valence-electron chi connectivity index (χ1n) is 6.39. The third-order valence-electron chi connectivity index (χ3n) is 3.31. The second kappa shape index (κ2) is 5.87. The molecule has 4 nitrogen and oxygen atoms in total. The third-order valence-corrected chi connectivity index (χ3v) is 3.31. The highest BCUT2D eigenvalue weighted by atomic mass is 16.5. The average Bonchev–Trinajstić information content (AvgIpc) is 2.31. The minimum absolute atomic E-state index is 0.0921. The average molecular weight is 249 g/mol. The summed E-state index contributed by atoms with van der Waals surface area (Å²) in [6.45, 7) is 0. The zero-order valence-corrected chi connectivity index (χ0v) is 10.3. The van der Waals surface area contributed by atoms with Crippen molar-refractivity contribution in [1.82, 2.24) is 0 Å². The molecular weight excluding hydrogens is 230 g/mol. The van der Waals surface area contributed by atoms with Crippen molar-refractivity contribution in [2.75, 3.05) is 0 Å². The Morgan fingerprint density at radius 1 is 1.50 bits per heavy atom. The van der Waals surface area contributed by atoms with Gasteiger partial charge in [0.1, 0.15) is 5.75 Å². The van der Waals surface area contributed by atoms with Crippen molar-refractivity contribution in [1.29, 1.82) is 0 Å². The quantitative estimate of drug-likeness (QED) is 0.812. The number of aliphatic carboxylic acids is 1. The van der Waals surface area contributed by atoms with Gasteiger partial charge in [-0.3, -0.25) is 4.79 Å². The Bertz CT molecular complexity index is 415. The fourth-order valence-corrected chi connectivity index (χ4v) is 1.95. The van der Waals surface area contributed by atoms with Gasteiger partial charge in [0, 0.05) is 12.5 Å². The van der Waals surface area contributed by atoms with Gasteiger partial charge in [-0.05, 0) is 43.4 Å². The van der Waals surface area contributed by atoms with Crippen LogP contribution in [-0.4, -0.2) is 17.2 Å². The predicted molar refractivity (Wildman–Crippen MR) is 68.5 cm³/mol. The summed E-state index contributed by atoms with van der Waals surface area (Å²) in [6.07, 6.45) is 4.36. The summed E-state index contributed by atoms with van der Waals surface area (Å²) in [5, 5.41) is 8.64. The topological polar surface area (TPSA) is 72.6 Å². The van der Waals surface area contributed by atoms with E-state index in [1.807, 2.05) is 24.3 Å². The molecule has 1 saturated carbocycles. The third kappa shape index (κ3) is 3.47. The smallest absolute Gasteiger partial charge is 0.303 e. The van der Waals surface area contributed by atoms with Crippen molar-refractivity contribution in [3.8, 4) is 5.75 Å². The van der Waals surface area contributed by atoms with Crippen LogP contribution in [-0.2, 0) is 4.79 Å². The van der Waals surface area contributed by atoms with E-state index in [1.54, 1.807) is 0 Å². The molecule has 3 N–H and O–H groups in total. The number of hydrogen-bond acceptors (Lipinski definition) is 3. The van der Waals surface area contributed by atoms with Crippen LogP contribution in [0.2, 0.25) is 0 Å². The van der Waals surface area contributed by atoms with E-state index in [2.05, 4.69) is 0 Å². The molecule has 18 heavy (non-hydrogen) atoms. The maximum absolute atomic E-state index is 10.5. The molecule has 1 unspecified atom stereocenters. The molecule has 98 valence electrons. The molecule has 0 heterocycles. The summed E-state index contributed by atoms with van der Waals surface area (Å²) < 4.78 is 5.79.